The summed E-state index contributed by atoms with van der Waals surface area (Å²) in [6.45, 7) is 6.20. The van der Waals surface area contributed by atoms with Crippen LogP contribution in [0.5, 0.6) is 0 Å². The number of hydrogen-bond acceptors (Lipinski definition) is 6. The zero-order valence-electron chi connectivity index (χ0n) is 12.0. The van der Waals surface area contributed by atoms with E-state index in [9.17, 15) is 4.79 Å². The molecule has 1 unspecified atom stereocenters. The van der Waals surface area contributed by atoms with Gasteiger partial charge in [0.15, 0.2) is 0 Å². The van der Waals surface area contributed by atoms with Gasteiger partial charge in [-0.15, -0.1) is 0 Å². The summed E-state index contributed by atoms with van der Waals surface area (Å²) >= 11 is 0. The summed E-state index contributed by atoms with van der Waals surface area (Å²) in [4.78, 5) is 10.0. The third-order valence-corrected chi connectivity index (χ3v) is 1.20. The molecule has 6 heteroatoms. The molecule has 0 aromatic heterocycles. The number of hydrogen-bond donors (Lipinski definition) is 3. The summed E-state index contributed by atoms with van der Waals surface area (Å²) in [5, 5.41) is 23.5. The lowest BCUT2D eigenvalue weighted by Gasteiger charge is -1.97. The van der Waals surface area contributed by atoms with Gasteiger partial charge < -0.3 is 24.8 Å². The van der Waals surface area contributed by atoms with Crippen molar-refractivity contribution in [1.82, 2.24) is 0 Å². The maximum Gasteiger partial charge on any atom is 0.305 e. The largest absolute Gasteiger partial charge is 0.466 e. The van der Waals surface area contributed by atoms with Crippen molar-refractivity contribution >= 4 is 5.97 Å². The van der Waals surface area contributed by atoms with Crippen molar-refractivity contribution in [2.24, 2.45) is 0 Å². The SMILES string of the molecule is CC(C)O.CO.COCC(C)O.O=C1CCCO1. The van der Waals surface area contributed by atoms with Crippen LogP contribution in [0.25, 0.3) is 0 Å². The lowest BCUT2D eigenvalue weighted by Crippen LogP contribution is -2.07. The zero-order chi connectivity index (χ0) is 15.0. The summed E-state index contributed by atoms with van der Waals surface area (Å²) in [5.74, 6) is -0.0463. The molecule has 1 heterocycles. The first-order valence-corrected chi connectivity index (χ1v) is 5.85. The van der Waals surface area contributed by atoms with E-state index in [1.807, 2.05) is 0 Å². The fraction of sp³-hybridized carbons (Fsp3) is 0.917. The Balaban J connectivity index is -0.000000179. The van der Waals surface area contributed by atoms with Crippen molar-refractivity contribution in [1.29, 1.82) is 0 Å². The van der Waals surface area contributed by atoms with Crippen molar-refractivity contribution in [2.45, 2.75) is 45.8 Å². The maximum atomic E-state index is 10.0. The molecule has 3 N–H and O–H groups in total. The van der Waals surface area contributed by atoms with Crippen LogP contribution >= 0.6 is 0 Å². The second-order valence-corrected chi connectivity index (χ2v) is 3.72. The Morgan fingerprint density at radius 1 is 1.28 bits per heavy atom. The predicted octanol–water partition coefficient (Wildman–Crippen LogP) is 0.333. The number of esters is 1. The molecule has 1 aliphatic heterocycles. The van der Waals surface area contributed by atoms with Crippen LogP contribution < -0.4 is 0 Å². The van der Waals surface area contributed by atoms with Crippen LogP contribution in [0.15, 0.2) is 0 Å². The summed E-state index contributed by atoms with van der Waals surface area (Å²) in [6, 6.07) is 0. The number of methoxy groups -OCH3 is 1. The molecule has 1 fully saturated rings. The molecule has 0 aromatic carbocycles. The van der Waals surface area contributed by atoms with Gasteiger partial charge in [0, 0.05) is 26.7 Å². The summed E-state index contributed by atoms with van der Waals surface area (Å²) < 4.78 is 9.07. The minimum atomic E-state index is -0.324. The molecule has 0 aliphatic carbocycles. The molecular weight excluding hydrogens is 240 g/mol. The Morgan fingerprint density at radius 2 is 1.72 bits per heavy atom. The van der Waals surface area contributed by atoms with Crippen molar-refractivity contribution in [3.8, 4) is 0 Å². The van der Waals surface area contributed by atoms with Crippen LogP contribution in [-0.2, 0) is 14.3 Å². The van der Waals surface area contributed by atoms with Gasteiger partial charge in [-0.3, -0.25) is 4.79 Å². The molecule has 0 amide bonds. The molecule has 1 aliphatic rings. The van der Waals surface area contributed by atoms with Crippen LogP contribution in [0, 0.1) is 0 Å². The number of carbonyl (C=O) groups is 1. The fourth-order valence-electron chi connectivity index (χ4n) is 0.716. The summed E-state index contributed by atoms with van der Waals surface area (Å²) in [5.41, 5.74) is 0. The monoisotopic (exact) mass is 268 g/mol. The maximum absolute atomic E-state index is 10.0. The van der Waals surface area contributed by atoms with Gasteiger partial charge in [0.1, 0.15) is 0 Å². The van der Waals surface area contributed by atoms with Gasteiger partial charge in [-0.1, -0.05) is 0 Å². The number of cyclic esters (lactones) is 1. The van der Waals surface area contributed by atoms with E-state index >= 15 is 0 Å². The molecule has 0 radical (unpaired) electrons. The average Bonchev–Trinajstić information content (AvgIpc) is 2.72. The molecule has 0 saturated carbocycles. The quantitative estimate of drug-likeness (QED) is 0.625. The lowest BCUT2D eigenvalue weighted by atomic mass is 10.4. The van der Waals surface area contributed by atoms with Crippen molar-refractivity contribution in [3.05, 3.63) is 0 Å². The van der Waals surface area contributed by atoms with Gasteiger partial charge in [-0.2, -0.15) is 0 Å². The van der Waals surface area contributed by atoms with Gasteiger partial charge in [-0.05, 0) is 27.2 Å². The summed E-state index contributed by atoms with van der Waals surface area (Å²) in [7, 11) is 2.56. The van der Waals surface area contributed by atoms with E-state index in [-0.39, 0.29) is 18.2 Å². The van der Waals surface area contributed by atoms with E-state index in [4.69, 9.17) is 15.3 Å². The lowest BCUT2D eigenvalue weighted by molar-refractivity contribution is -0.137. The number of ether oxygens (including phenoxy) is 2. The molecule has 18 heavy (non-hydrogen) atoms. The molecule has 1 saturated heterocycles. The van der Waals surface area contributed by atoms with Crippen LogP contribution in [0.3, 0.4) is 0 Å². The molecule has 0 bridgehead atoms. The summed E-state index contributed by atoms with van der Waals surface area (Å²) in [6.07, 6.45) is 1.05. The third kappa shape index (κ3) is 36.2. The van der Waals surface area contributed by atoms with Gasteiger partial charge in [0.2, 0.25) is 0 Å². The molecule has 1 atom stereocenters. The van der Waals surface area contributed by atoms with E-state index in [0.717, 1.165) is 13.5 Å². The van der Waals surface area contributed by atoms with Gasteiger partial charge in [0.25, 0.3) is 0 Å². The van der Waals surface area contributed by atoms with Gasteiger partial charge in [0.05, 0.1) is 19.3 Å². The topological polar surface area (TPSA) is 96.2 Å². The second kappa shape index (κ2) is 18.7. The first kappa shape index (κ1) is 22.5. The smallest absolute Gasteiger partial charge is 0.305 e. The van der Waals surface area contributed by atoms with Crippen molar-refractivity contribution in [2.75, 3.05) is 27.4 Å². The second-order valence-electron chi connectivity index (χ2n) is 3.72. The van der Waals surface area contributed by atoms with Crippen LogP contribution in [0.1, 0.15) is 33.6 Å². The zero-order valence-corrected chi connectivity index (χ0v) is 12.0. The van der Waals surface area contributed by atoms with Gasteiger partial charge >= 0.3 is 5.97 Å². The fourth-order valence-corrected chi connectivity index (χ4v) is 0.716. The number of aliphatic hydroxyl groups is 3. The molecule has 1 rings (SSSR count). The number of rotatable bonds is 2. The van der Waals surface area contributed by atoms with Crippen LogP contribution in [-0.4, -0.2) is 60.9 Å². The Hall–Kier alpha value is -0.690. The minimum Gasteiger partial charge on any atom is -0.466 e. The number of aliphatic hydroxyl groups excluding tert-OH is 3. The minimum absolute atomic E-state index is 0.0463. The standard InChI is InChI=1S/C4H6O2.C4H10O2.C3H8O.CH4O/c5-4-2-1-3-6-4;1-4(5)3-6-2;1-3(2)4;1-2/h1-3H2;4-5H,3H2,1-2H3;3-4H,1-2H3;2H,1H3. The first-order chi connectivity index (χ1) is 8.40. The molecule has 0 aromatic rings. The Kier molecular flexibility index (Phi) is 23.3. The van der Waals surface area contributed by atoms with Crippen LogP contribution in [0.4, 0.5) is 0 Å². The van der Waals surface area contributed by atoms with Crippen molar-refractivity contribution in [3.63, 3.8) is 0 Å². The van der Waals surface area contributed by atoms with E-state index in [1.165, 1.54) is 0 Å². The highest BCUT2D eigenvalue weighted by Gasteiger charge is 2.08. The highest BCUT2D eigenvalue weighted by Crippen LogP contribution is 2.01. The molecule has 6 nitrogen and oxygen atoms in total. The number of carbonyl (C=O) groups excluding carboxylic acids is 1. The normalized spacial score (nSPS) is 14.2. The third-order valence-electron chi connectivity index (χ3n) is 1.20. The Labute approximate surface area is 110 Å². The molecule has 112 valence electrons. The average molecular weight is 268 g/mol. The molecular formula is C12H28O6. The van der Waals surface area contributed by atoms with E-state index in [0.29, 0.717) is 19.6 Å². The van der Waals surface area contributed by atoms with Crippen LogP contribution in [0.2, 0.25) is 0 Å². The first-order valence-electron chi connectivity index (χ1n) is 5.85. The predicted molar refractivity (Wildman–Crippen MR) is 69.2 cm³/mol. The molecule has 0 spiro atoms. The Morgan fingerprint density at radius 3 is 1.78 bits per heavy atom. The van der Waals surface area contributed by atoms with Crippen molar-refractivity contribution < 1.29 is 29.6 Å². The van der Waals surface area contributed by atoms with E-state index in [1.54, 1.807) is 27.9 Å². The Bertz CT molecular complexity index is 148. The van der Waals surface area contributed by atoms with E-state index < -0.39 is 0 Å². The van der Waals surface area contributed by atoms with E-state index in [2.05, 4.69) is 9.47 Å². The highest BCUT2D eigenvalue weighted by molar-refractivity contribution is 5.70. The highest BCUT2D eigenvalue weighted by atomic mass is 16.5. The van der Waals surface area contributed by atoms with Gasteiger partial charge in [-0.25, -0.2) is 0 Å².